The van der Waals surface area contributed by atoms with Crippen LogP contribution < -0.4 is 9.80 Å². The van der Waals surface area contributed by atoms with Crippen molar-refractivity contribution in [2.75, 3.05) is 9.80 Å². The summed E-state index contributed by atoms with van der Waals surface area (Å²) in [5.41, 5.74) is 11.5. The lowest BCUT2D eigenvalue weighted by Crippen LogP contribution is -2.09. The van der Waals surface area contributed by atoms with Crippen LogP contribution in [0.25, 0.3) is 44.8 Å². The second-order valence-electron chi connectivity index (χ2n) is 13.5. The third-order valence-electron chi connectivity index (χ3n) is 10.0. The quantitative estimate of drug-likeness (QED) is 0.139. The molecule has 0 spiro atoms. The Morgan fingerprint density at radius 2 is 0.556 bits per heavy atom. The maximum atomic E-state index is 2.32. The summed E-state index contributed by atoms with van der Waals surface area (Å²) in [7, 11) is 0. The maximum Gasteiger partial charge on any atom is 0.0468 e. The summed E-state index contributed by atoms with van der Waals surface area (Å²) >= 11 is 0. The van der Waals surface area contributed by atoms with E-state index in [-0.39, 0.29) is 0 Å². The molecule has 2 nitrogen and oxygen atoms in total. The van der Waals surface area contributed by atoms with Gasteiger partial charge < -0.3 is 9.80 Å². The van der Waals surface area contributed by atoms with E-state index in [2.05, 4.69) is 240 Å². The van der Waals surface area contributed by atoms with Crippen molar-refractivity contribution in [1.82, 2.24) is 0 Å². The minimum absolute atomic E-state index is 1.12. The Bertz CT molecular complexity index is 2680. The molecule has 54 heavy (non-hydrogen) atoms. The molecule has 0 saturated carbocycles. The fourth-order valence-electron chi connectivity index (χ4n) is 7.20. The first kappa shape index (κ1) is 32.7. The second-order valence-corrected chi connectivity index (χ2v) is 13.5. The largest absolute Gasteiger partial charge is 0.310 e. The lowest BCUT2D eigenvalue weighted by atomic mass is 10.0. The van der Waals surface area contributed by atoms with Crippen LogP contribution in [0.5, 0.6) is 0 Å². The number of hydrogen-bond acceptors (Lipinski definition) is 2. The standard InChI is InChI=1S/C52H38N2/c1-3-15-47(16-4-1)53(51-35-29-41-11-7-9-13-45(41)37-51)49-31-23-40(24-32-49)20-19-39-21-25-43(26-22-39)44-27-33-50(34-28-44)54(48-17-5-2-6-18-48)52-36-30-42-12-8-10-14-46(42)38-52/h1-38H/b20-19-. The van der Waals surface area contributed by atoms with Gasteiger partial charge in [0, 0.05) is 34.1 Å². The lowest BCUT2D eigenvalue weighted by Gasteiger charge is -2.26. The van der Waals surface area contributed by atoms with E-state index in [1.165, 1.54) is 32.7 Å². The highest BCUT2D eigenvalue weighted by Crippen LogP contribution is 2.38. The molecular weight excluding hydrogens is 653 g/mol. The Morgan fingerprint density at radius 1 is 0.241 bits per heavy atom. The number of anilines is 6. The molecule has 0 aromatic heterocycles. The first-order chi connectivity index (χ1) is 26.7. The van der Waals surface area contributed by atoms with E-state index < -0.39 is 0 Å². The Hall–Kier alpha value is -7.16. The molecule has 0 atom stereocenters. The van der Waals surface area contributed by atoms with Crippen molar-refractivity contribution < 1.29 is 0 Å². The molecule has 0 amide bonds. The van der Waals surface area contributed by atoms with Crippen LogP contribution in [-0.2, 0) is 0 Å². The molecular formula is C52H38N2. The van der Waals surface area contributed by atoms with E-state index in [0.717, 1.165) is 45.3 Å². The predicted octanol–water partition coefficient (Wildman–Crippen LogP) is 14.8. The number of hydrogen-bond donors (Lipinski definition) is 0. The number of rotatable bonds is 9. The van der Waals surface area contributed by atoms with Crippen LogP contribution in [0.2, 0.25) is 0 Å². The Morgan fingerprint density at radius 3 is 1.00 bits per heavy atom. The number of benzene rings is 9. The minimum Gasteiger partial charge on any atom is -0.310 e. The fraction of sp³-hybridized carbons (Fsp3) is 0. The summed E-state index contributed by atoms with van der Waals surface area (Å²) in [6.45, 7) is 0. The molecule has 2 heteroatoms. The molecule has 0 aliphatic heterocycles. The Kier molecular flexibility index (Phi) is 8.99. The van der Waals surface area contributed by atoms with E-state index >= 15 is 0 Å². The highest BCUT2D eigenvalue weighted by Gasteiger charge is 2.14. The van der Waals surface area contributed by atoms with Gasteiger partial charge in [-0.15, -0.1) is 0 Å². The van der Waals surface area contributed by atoms with E-state index in [1.807, 2.05) is 0 Å². The van der Waals surface area contributed by atoms with Gasteiger partial charge in [0.05, 0.1) is 0 Å². The zero-order valence-corrected chi connectivity index (χ0v) is 29.8. The first-order valence-corrected chi connectivity index (χ1v) is 18.4. The minimum atomic E-state index is 1.12. The van der Waals surface area contributed by atoms with Gasteiger partial charge in [0.25, 0.3) is 0 Å². The normalized spacial score (nSPS) is 11.3. The van der Waals surface area contributed by atoms with Gasteiger partial charge in [0.1, 0.15) is 0 Å². The van der Waals surface area contributed by atoms with Crippen molar-refractivity contribution in [3.63, 3.8) is 0 Å². The molecule has 0 heterocycles. The molecule has 0 saturated heterocycles. The van der Waals surface area contributed by atoms with Crippen molar-refractivity contribution in [2.24, 2.45) is 0 Å². The highest BCUT2D eigenvalue weighted by molar-refractivity contribution is 5.91. The molecule has 0 radical (unpaired) electrons. The molecule has 0 fully saturated rings. The molecule has 256 valence electrons. The van der Waals surface area contributed by atoms with Gasteiger partial charge in [-0.05, 0) is 117 Å². The van der Waals surface area contributed by atoms with E-state index in [4.69, 9.17) is 0 Å². The van der Waals surface area contributed by atoms with Crippen molar-refractivity contribution in [1.29, 1.82) is 0 Å². The monoisotopic (exact) mass is 690 g/mol. The summed E-state index contributed by atoms with van der Waals surface area (Å²) in [5, 5.41) is 4.93. The summed E-state index contributed by atoms with van der Waals surface area (Å²) in [4.78, 5) is 4.63. The van der Waals surface area contributed by atoms with Crippen molar-refractivity contribution in [3.05, 3.63) is 230 Å². The van der Waals surface area contributed by atoms with Crippen LogP contribution >= 0.6 is 0 Å². The number of fused-ring (bicyclic) bond motifs is 2. The van der Waals surface area contributed by atoms with Crippen molar-refractivity contribution in [2.45, 2.75) is 0 Å². The third kappa shape index (κ3) is 6.89. The van der Waals surface area contributed by atoms with Crippen LogP contribution in [0.4, 0.5) is 34.1 Å². The van der Waals surface area contributed by atoms with Crippen molar-refractivity contribution in [3.8, 4) is 11.1 Å². The zero-order chi connectivity index (χ0) is 36.1. The molecule has 0 aliphatic rings. The van der Waals surface area contributed by atoms with Gasteiger partial charge in [-0.2, -0.15) is 0 Å². The average Bonchev–Trinajstić information content (AvgIpc) is 3.25. The average molecular weight is 691 g/mol. The van der Waals surface area contributed by atoms with Gasteiger partial charge in [0.2, 0.25) is 0 Å². The number of para-hydroxylation sites is 2. The van der Waals surface area contributed by atoms with Gasteiger partial charge in [-0.1, -0.05) is 158 Å². The third-order valence-corrected chi connectivity index (χ3v) is 10.0. The van der Waals surface area contributed by atoms with Crippen molar-refractivity contribution >= 4 is 67.8 Å². The first-order valence-electron chi connectivity index (χ1n) is 18.4. The van der Waals surface area contributed by atoms with Crippen LogP contribution in [0.3, 0.4) is 0 Å². The second kappa shape index (κ2) is 14.8. The Labute approximate surface area is 317 Å². The Balaban J connectivity index is 0.927. The fourth-order valence-corrected chi connectivity index (χ4v) is 7.20. The molecule has 9 aromatic rings. The molecule has 9 rings (SSSR count). The molecule has 0 N–H and O–H groups in total. The van der Waals surface area contributed by atoms with Gasteiger partial charge in [-0.25, -0.2) is 0 Å². The van der Waals surface area contributed by atoms with Crippen LogP contribution in [0.1, 0.15) is 11.1 Å². The van der Waals surface area contributed by atoms with E-state index in [1.54, 1.807) is 0 Å². The van der Waals surface area contributed by atoms with Gasteiger partial charge in [-0.3, -0.25) is 0 Å². The van der Waals surface area contributed by atoms with E-state index in [9.17, 15) is 0 Å². The topological polar surface area (TPSA) is 6.48 Å². The van der Waals surface area contributed by atoms with Gasteiger partial charge >= 0.3 is 0 Å². The number of nitrogens with zero attached hydrogens (tertiary/aromatic N) is 2. The lowest BCUT2D eigenvalue weighted by molar-refractivity contribution is 1.29. The van der Waals surface area contributed by atoms with Crippen LogP contribution in [-0.4, -0.2) is 0 Å². The molecule has 0 unspecified atom stereocenters. The molecule has 0 aliphatic carbocycles. The van der Waals surface area contributed by atoms with E-state index in [0.29, 0.717) is 0 Å². The summed E-state index contributed by atoms with van der Waals surface area (Å²) in [5.74, 6) is 0. The highest BCUT2D eigenvalue weighted by atomic mass is 15.1. The maximum absolute atomic E-state index is 2.32. The molecule has 9 aromatic carbocycles. The van der Waals surface area contributed by atoms with Crippen LogP contribution in [0.15, 0.2) is 218 Å². The predicted molar refractivity (Wildman–Crippen MR) is 232 cm³/mol. The zero-order valence-electron chi connectivity index (χ0n) is 29.8. The smallest absolute Gasteiger partial charge is 0.0468 e. The SMILES string of the molecule is C(=C/c1ccc(N(c2ccccc2)c2ccc3ccccc3c2)cc1)/c1ccc(-c2ccc(N(c3ccccc3)c3ccc4ccccc4c3)cc2)cc1. The summed E-state index contributed by atoms with van der Waals surface area (Å²) in [6.07, 6.45) is 4.36. The summed E-state index contributed by atoms with van der Waals surface area (Å²) < 4.78 is 0. The van der Waals surface area contributed by atoms with Crippen LogP contribution in [0, 0.1) is 0 Å². The molecule has 0 bridgehead atoms. The van der Waals surface area contributed by atoms with Gasteiger partial charge in [0.15, 0.2) is 0 Å². The summed E-state index contributed by atoms with van der Waals surface area (Å²) in [6, 6.07) is 77.9.